The maximum absolute atomic E-state index is 12.5. The summed E-state index contributed by atoms with van der Waals surface area (Å²) >= 11 is 0. The molecule has 0 radical (unpaired) electrons. The number of carbonyl (C=O) groups is 1. The molecule has 0 N–H and O–H groups in total. The summed E-state index contributed by atoms with van der Waals surface area (Å²) in [5.74, 6) is 0. The van der Waals surface area contributed by atoms with Gasteiger partial charge in [-0.05, 0) is 0 Å². The SMILES string of the molecule is C[PH](C)(Cc1ccccc1)C(=O)c1ccccc1. The summed E-state index contributed by atoms with van der Waals surface area (Å²) in [6.07, 6.45) is 0.904. The van der Waals surface area contributed by atoms with Crippen molar-refractivity contribution < 1.29 is 4.79 Å². The molecule has 0 atom stereocenters. The van der Waals surface area contributed by atoms with Crippen LogP contribution >= 0.6 is 7.26 Å². The Morgan fingerprint density at radius 1 is 0.889 bits per heavy atom. The van der Waals surface area contributed by atoms with E-state index in [0.717, 1.165) is 11.7 Å². The molecule has 0 spiro atoms. The van der Waals surface area contributed by atoms with Crippen LogP contribution in [0.25, 0.3) is 0 Å². The Morgan fingerprint density at radius 3 is 1.94 bits per heavy atom. The van der Waals surface area contributed by atoms with Crippen LogP contribution in [0.2, 0.25) is 0 Å². The van der Waals surface area contributed by atoms with Crippen LogP contribution in [0.1, 0.15) is 15.9 Å². The average Bonchev–Trinajstić information content (AvgIpc) is 2.39. The van der Waals surface area contributed by atoms with Gasteiger partial charge in [0.15, 0.2) is 0 Å². The Morgan fingerprint density at radius 2 is 1.39 bits per heavy atom. The van der Waals surface area contributed by atoms with Gasteiger partial charge in [-0.15, -0.1) is 0 Å². The van der Waals surface area contributed by atoms with Crippen molar-refractivity contribution in [2.45, 2.75) is 6.16 Å². The predicted molar refractivity (Wildman–Crippen MR) is 81.1 cm³/mol. The molecule has 1 nitrogen and oxygen atoms in total. The van der Waals surface area contributed by atoms with Crippen molar-refractivity contribution in [3.8, 4) is 0 Å². The Hall–Kier alpha value is -1.46. The molecular weight excluding hydrogens is 239 g/mol. The molecule has 2 aromatic rings. The first-order chi connectivity index (χ1) is 8.59. The normalized spacial score (nSPS) is 12.1. The van der Waals surface area contributed by atoms with Crippen molar-refractivity contribution in [2.75, 3.05) is 13.3 Å². The Labute approximate surface area is 109 Å². The first-order valence-corrected chi connectivity index (χ1v) is 9.44. The molecule has 2 aromatic carbocycles. The fourth-order valence-electron chi connectivity index (χ4n) is 2.17. The minimum atomic E-state index is -1.93. The monoisotopic (exact) mass is 258 g/mol. The Kier molecular flexibility index (Phi) is 3.93. The van der Waals surface area contributed by atoms with Gasteiger partial charge in [-0.25, -0.2) is 0 Å². The van der Waals surface area contributed by atoms with Crippen LogP contribution in [0, 0.1) is 0 Å². The van der Waals surface area contributed by atoms with Gasteiger partial charge in [0.25, 0.3) is 0 Å². The first-order valence-electron chi connectivity index (χ1n) is 6.23. The topological polar surface area (TPSA) is 17.1 Å². The third-order valence-corrected chi connectivity index (χ3v) is 5.95. The van der Waals surface area contributed by atoms with Gasteiger partial charge in [0.1, 0.15) is 0 Å². The molecule has 0 aliphatic rings. The van der Waals surface area contributed by atoms with Crippen molar-refractivity contribution in [2.24, 2.45) is 0 Å². The zero-order chi connectivity index (χ0) is 13.0. The number of benzene rings is 2. The molecule has 0 bridgehead atoms. The van der Waals surface area contributed by atoms with Crippen LogP contribution in [-0.2, 0) is 6.16 Å². The summed E-state index contributed by atoms with van der Waals surface area (Å²) in [4.78, 5) is 12.5. The average molecular weight is 258 g/mol. The molecule has 94 valence electrons. The molecule has 18 heavy (non-hydrogen) atoms. The van der Waals surface area contributed by atoms with Crippen LogP contribution in [0.15, 0.2) is 60.7 Å². The summed E-state index contributed by atoms with van der Waals surface area (Å²) < 4.78 is 0. The van der Waals surface area contributed by atoms with Crippen molar-refractivity contribution in [1.29, 1.82) is 0 Å². The molecule has 0 aliphatic heterocycles. The van der Waals surface area contributed by atoms with Gasteiger partial charge in [-0.2, -0.15) is 0 Å². The summed E-state index contributed by atoms with van der Waals surface area (Å²) in [7, 11) is -1.93. The van der Waals surface area contributed by atoms with E-state index in [-0.39, 0.29) is 0 Å². The van der Waals surface area contributed by atoms with E-state index in [4.69, 9.17) is 0 Å². The van der Waals surface area contributed by atoms with E-state index in [2.05, 4.69) is 25.5 Å². The van der Waals surface area contributed by atoms with Crippen molar-refractivity contribution >= 4 is 12.8 Å². The van der Waals surface area contributed by atoms with Crippen LogP contribution in [0.3, 0.4) is 0 Å². The van der Waals surface area contributed by atoms with Crippen molar-refractivity contribution in [1.82, 2.24) is 0 Å². The van der Waals surface area contributed by atoms with E-state index < -0.39 is 7.26 Å². The Balaban J connectivity index is 2.19. The quantitative estimate of drug-likeness (QED) is 0.756. The van der Waals surface area contributed by atoms with Gasteiger partial charge in [0, 0.05) is 0 Å². The zero-order valence-electron chi connectivity index (χ0n) is 10.9. The molecule has 0 amide bonds. The summed E-state index contributed by atoms with van der Waals surface area (Å²) in [5, 5.41) is 0. The summed E-state index contributed by atoms with van der Waals surface area (Å²) in [6, 6.07) is 19.9. The third kappa shape index (κ3) is 3.05. The number of hydrogen-bond acceptors (Lipinski definition) is 1. The third-order valence-electron chi connectivity index (χ3n) is 3.14. The van der Waals surface area contributed by atoms with Gasteiger partial charge < -0.3 is 0 Å². The second-order valence-corrected chi connectivity index (χ2v) is 9.82. The number of carbonyl (C=O) groups excluding carboxylic acids is 1. The first kappa shape index (κ1) is 13.0. The van der Waals surface area contributed by atoms with Crippen LogP contribution < -0.4 is 0 Å². The predicted octanol–water partition coefficient (Wildman–Crippen LogP) is 4.04. The standard InChI is InChI=1S/C16H19OP/c1-18(2,13-14-9-5-3-6-10-14)16(17)15-11-7-4-8-12-15/h3-12,18H,13H2,1-2H3. The summed E-state index contributed by atoms with van der Waals surface area (Å²) in [6.45, 7) is 4.30. The van der Waals surface area contributed by atoms with Gasteiger partial charge in [0.05, 0.1) is 0 Å². The van der Waals surface area contributed by atoms with Crippen molar-refractivity contribution in [3.05, 3.63) is 71.8 Å². The van der Waals surface area contributed by atoms with Crippen LogP contribution in [-0.4, -0.2) is 18.9 Å². The van der Waals surface area contributed by atoms with E-state index in [1.165, 1.54) is 5.56 Å². The molecule has 0 saturated carbocycles. The molecular formula is C16H19OP. The number of hydrogen-bond donors (Lipinski definition) is 0. The van der Waals surface area contributed by atoms with Crippen molar-refractivity contribution in [3.63, 3.8) is 0 Å². The Bertz CT molecular complexity index is 517. The van der Waals surface area contributed by atoms with E-state index in [1.807, 2.05) is 48.5 Å². The molecule has 0 unspecified atom stereocenters. The van der Waals surface area contributed by atoms with E-state index in [9.17, 15) is 4.79 Å². The summed E-state index contributed by atoms with van der Waals surface area (Å²) in [5.41, 5.74) is 2.45. The fraction of sp³-hybridized carbons (Fsp3) is 0.188. The van der Waals surface area contributed by atoms with Gasteiger partial charge in [-0.1, -0.05) is 0 Å². The molecule has 2 heteroatoms. The fourth-order valence-corrected chi connectivity index (χ4v) is 4.53. The van der Waals surface area contributed by atoms with Crippen LogP contribution in [0.5, 0.6) is 0 Å². The number of rotatable bonds is 4. The second-order valence-electron chi connectivity index (χ2n) is 5.24. The molecule has 0 aromatic heterocycles. The maximum atomic E-state index is 12.5. The second kappa shape index (κ2) is 5.46. The van der Waals surface area contributed by atoms with Crippen LogP contribution in [0.4, 0.5) is 0 Å². The zero-order valence-corrected chi connectivity index (χ0v) is 11.9. The van der Waals surface area contributed by atoms with Gasteiger partial charge in [0.2, 0.25) is 0 Å². The van der Waals surface area contributed by atoms with Gasteiger partial charge in [-0.3, -0.25) is 0 Å². The van der Waals surface area contributed by atoms with E-state index >= 15 is 0 Å². The van der Waals surface area contributed by atoms with Gasteiger partial charge >= 0.3 is 109 Å². The molecule has 0 aliphatic carbocycles. The molecule has 0 fully saturated rings. The molecule has 0 saturated heterocycles. The minimum absolute atomic E-state index is 0.340. The van der Waals surface area contributed by atoms with E-state index in [0.29, 0.717) is 5.52 Å². The molecule has 2 rings (SSSR count). The molecule has 0 heterocycles. The van der Waals surface area contributed by atoms with E-state index in [1.54, 1.807) is 0 Å².